The maximum Gasteiger partial charge on any atom is 0.269 e. The first-order valence-electron chi connectivity index (χ1n) is 6.64. The number of benzene rings is 2. The highest BCUT2D eigenvalue weighted by molar-refractivity contribution is 9.10. The molecule has 0 atom stereocenters. The van der Waals surface area contributed by atoms with Crippen molar-refractivity contribution in [3.63, 3.8) is 0 Å². The van der Waals surface area contributed by atoms with E-state index >= 15 is 0 Å². The first kappa shape index (κ1) is 14.5. The van der Waals surface area contributed by atoms with Crippen molar-refractivity contribution in [2.24, 2.45) is 0 Å². The molecule has 3 aromatic rings. The molecule has 0 N–H and O–H groups in total. The first-order valence-corrected chi connectivity index (χ1v) is 7.43. The first-order chi connectivity index (χ1) is 10.6. The molecule has 6 heteroatoms. The molecule has 0 spiro atoms. The Bertz CT molecular complexity index is 812. The Morgan fingerprint density at radius 2 is 1.95 bits per heavy atom. The second-order valence-corrected chi connectivity index (χ2v) is 5.73. The molecule has 0 fully saturated rings. The van der Waals surface area contributed by atoms with Crippen molar-refractivity contribution in [1.82, 2.24) is 9.55 Å². The van der Waals surface area contributed by atoms with Crippen molar-refractivity contribution in [3.8, 4) is 11.4 Å². The van der Waals surface area contributed by atoms with Gasteiger partial charge < -0.3 is 4.57 Å². The molecule has 1 heterocycles. The van der Waals surface area contributed by atoms with E-state index in [4.69, 9.17) is 0 Å². The fraction of sp³-hybridized carbons (Fsp3) is 0.0625. The molecule has 2 aromatic carbocycles. The molecule has 0 amide bonds. The minimum Gasteiger partial charge on any atom is -0.327 e. The van der Waals surface area contributed by atoms with E-state index < -0.39 is 0 Å². The summed E-state index contributed by atoms with van der Waals surface area (Å²) in [6.07, 6.45) is 3.60. The topological polar surface area (TPSA) is 61.0 Å². The van der Waals surface area contributed by atoms with E-state index in [1.807, 2.05) is 41.1 Å². The van der Waals surface area contributed by atoms with Gasteiger partial charge in [-0.05, 0) is 17.7 Å². The zero-order chi connectivity index (χ0) is 15.5. The molecule has 0 aliphatic rings. The molecule has 0 aliphatic carbocycles. The van der Waals surface area contributed by atoms with Crippen LogP contribution in [0.15, 0.2) is 65.4 Å². The smallest absolute Gasteiger partial charge is 0.269 e. The lowest BCUT2D eigenvalue weighted by molar-refractivity contribution is -0.384. The minimum atomic E-state index is -0.382. The van der Waals surface area contributed by atoms with Gasteiger partial charge in [0, 0.05) is 41.1 Å². The Labute approximate surface area is 135 Å². The number of rotatable bonds is 4. The number of nitro benzene ring substituents is 1. The average Bonchev–Trinajstić information content (AvgIpc) is 2.96. The third-order valence-electron chi connectivity index (χ3n) is 3.29. The Balaban J connectivity index is 1.91. The number of hydrogen-bond acceptors (Lipinski definition) is 3. The van der Waals surface area contributed by atoms with E-state index in [0.717, 1.165) is 21.4 Å². The Morgan fingerprint density at radius 3 is 2.68 bits per heavy atom. The predicted octanol–water partition coefficient (Wildman–Crippen LogP) is 4.27. The molecule has 5 nitrogen and oxygen atoms in total. The van der Waals surface area contributed by atoms with Gasteiger partial charge in [0.15, 0.2) is 0 Å². The van der Waals surface area contributed by atoms with E-state index in [-0.39, 0.29) is 10.6 Å². The summed E-state index contributed by atoms with van der Waals surface area (Å²) in [5, 5.41) is 10.9. The third kappa shape index (κ3) is 3.07. The average molecular weight is 358 g/mol. The molecule has 110 valence electrons. The molecule has 0 saturated carbocycles. The minimum absolute atomic E-state index is 0.0998. The van der Waals surface area contributed by atoms with Crippen molar-refractivity contribution in [2.45, 2.75) is 6.54 Å². The summed E-state index contributed by atoms with van der Waals surface area (Å²) in [6.45, 7) is 0.535. The number of hydrogen-bond donors (Lipinski definition) is 0. The fourth-order valence-corrected chi connectivity index (χ4v) is 2.53. The highest BCUT2D eigenvalue weighted by atomic mass is 79.9. The maximum absolute atomic E-state index is 10.9. The normalized spacial score (nSPS) is 10.6. The summed E-state index contributed by atoms with van der Waals surface area (Å²) in [4.78, 5) is 14.9. The van der Waals surface area contributed by atoms with E-state index in [1.54, 1.807) is 18.3 Å². The van der Waals surface area contributed by atoms with Crippen molar-refractivity contribution < 1.29 is 4.92 Å². The van der Waals surface area contributed by atoms with Crippen molar-refractivity contribution in [3.05, 3.63) is 81.1 Å². The molecule has 0 bridgehead atoms. The highest BCUT2D eigenvalue weighted by Crippen LogP contribution is 2.22. The number of halogens is 1. The van der Waals surface area contributed by atoms with E-state index in [9.17, 15) is 10.1 Å². The van der Waals surface area contributed by atoms with Crippen LogP contribution < -0.4 is 0 Å². The second-order valence-electron chi connectivity index (χ2n) is 4.81. The van der Waals surface area contributed by atoms with E-state index in [1.165, 1.54) is 6.07 Å². The summed E-state index contributed by atoms with van der Waals surface area (Å²) in [5.41, 5.74) is 1.96. The van der Waals surface area contributed by atoms with Gasteiger partial charge in [-0.3, -0.25) is 10.1 Å². The quantitative estimate of drug-likeness (QED) is 0.517. The van der Waals surface area contributed by atoms with Crippen LogP contribution in [-0.4, -0.2) is 14.5 Å². The summed E-state index contributed by atoms with van der Waals surface area (Å²) in [5.74, 6) is 0.832. The van der Waals surface area contributed by atoms with Crippen LogP contribution in [0, 0.1) is 10.1 Å². The highest BCUT2D eigenvalue weighted by Gasteiger charge is 2.09. The third-order valence-corrected chi connectivity index (χ3v) is 3.82. The molecule has 1 aromatic heterocycles. The summed E-state index contributed by atoms with van der Waals surface area (Å²) in [6, 6.07) is 14.5. The van der Waals surface area contributed by atoms with Crippen molar-refractivity contribution >= 4 is 21.6 Å². The van der Waals surface area contributed by atoms with Gasteiger partial charge in [0.25, 0.3) is 5.69 Å². The van der Waals surface area contributed by atoms with Crippen LogP contribution in [-0.2, 0) is 6.54 Å². The van der Waals surface area contributed by atoms with Crippen LogP contribution in [0.2, 0.25) is 0 Å². The van der Waals surface area contributed by atoms with Gasteiger partial charge in [0.2, 0.25) is 0 Å². The molecule has 3 rings (SSSR count). The number of aromatic nitrogens is 2. The SMILES string of the molecule is O=[N+]([O-])c1cccc(Cn2ccnc2-c2ccc(Br)cc2)c1. The van der Waals surface area contributed by atoms with Crippen molar-refractivity contribution in [2.75, 3.05) is 0 Å². The van der Waals surface area contributed by atoms with Gasteiger partial charge in [0.1, 0.15) is 5.82 Å². The van der Waals surface area contributed by atoms with E-state index in [0.29, 0.717) is 6.54 Å². The van der Waals surface area contributed by atoms with Crippen LogP contribution in [0.1, 0.15) is 5.56 Å². The maximum atomic E-state index is 10.9. The van der Waals surface area contributed by atoms with Gasteiger partial charge in [-0.2, -0.15) is 0 Å². The lowest BCUT2D eigenvalue weighted by Gasteiger charge is -2.08. The molecular formula is C16H12BrN3O2. The monoisotopic (exact) mass is 357 g/mol. The zero-order valence-electron chi connectivity index (χ0n) is 11.5. The van der Waals surface area contributed by atoms with Crippen LogP contribution in [0.5, 0.6) is 0 Å². The Hall–Kier alpha value is -2.47. The molecule has 0 unspecified atom stereocenters. The number of nitro groups is 1. The largest absolute Gasteiger partial charge is 0.327 e. The lowest BCUT2D eigenvalue weighted by Crippen LogP contribution is -2.01. The van der Waals surface area contributed by atoms with Crippen molar-refractivity contribution in [1.29, 1.82) is 0 Å². The van der Waals surface area contributed by atoms with Gasteiger partial charge >= 0.3 is 0 Å². The number of nitrogens with zero attached hydrogens (tertiary/aromatic N) is 3. The van der Waals surface area contributed by atoms with Gasteiger partial charge in [-0.25, -0.2) is 4.98 Å². The lowest BCUT2D eigenvalue weighted by atomic mass is 10.2. The Morgan fingerprint density at radius 1 is 1.18 bits per heavy atom. The van der Waals surface area contributed by atoms with Gasteiger partial charge in [-0.15, -0.1) is 0 Å². The molecular weight excluding hydrogens is 346 g/mol. The predicted molar refractivity (Wildman–Crippen MR) is 87.6 cm³/mol. The van der Waals surface area contributed by atoms with Gasteiger partial charge in [0.05, 0.1) is 4.92 Å². The second kappa shape index (κ2) is 6.11. The molecule has 0 saturated heterocycles. The summed E-state index contributed by atoms with van der Waals surface area (Å²) in [7, 11) is 0. The number of imidazole rings is 1. The van der Waals surface area contributed by atoms with Crippen LogP contribution in [0.25, 0.3) is 11.4 Å². The van der Waals surface area contributed by atoms with Crippen LogP contribution in [0.3, 0.4) is 0 Å². The van der Waals surface area contributed by atoms with Crippen LogP contribution in [0.4, 0.5) is 5.69 Å². The molecule has 22 heavy (non-hydrogen) atoms. The van der Waals surface area contributed by atoms with E-state index in [2.05, 4.69) is 20.9 Å². The van der Waals surface area contributed by atoms with Gasteiger partial charge in [-0.1, -0.05) is 40.2 Å². The molecule has 0 radical (unpaired) electrons. The number of non-ortho nitro benzene ring substituents is 1. The fourth-order valence-electron chi connectivity index (χ4n) is 2.26. The van der Waals surface area contributed by atoms with Crippen LogP contribution >= 0.6 is 15.9 Å². The summed E-state index contributed by atoms with van der Waals surface area (Å²) < 4.78 is 2.98. The molecule has 0 aliphatic heterocycles. The standard InChI is InChI=1S/C16H12BrN3O2/c17-14-6-4-13(5-7-14)16-18-8-9-19(16)11-12-2-1-3-15(10-12)20(21)22/h1-10H,11H2. The zero-order valence-corrected chi connectivity index (χ0v) is 13.1. The summed E-state index contributed by atoms with van der Waals surface area (Å²) >= 11 is 3.41. The Kier molecular flexibility index (Phi) is 4.02.